The van der Waals surface area contributed by atoms with Gasteiger partial charge in [-0.25, -0.2) is 0 Å². The predicted octanol–water partition coefficient (Wildman–Crippen LogP) is 0.866. The molecule has 0 aliphatic heterocycles. The van der Waals surface area contributed by atoms with Gasteiger partial charge in [0.15, 0.2) is 0 Å². The number of carbonyl (C=O) groups excluding carboxylic acids is 1. The molecule has 90 valence electrons. The average molecular weight is 232 g/mol. The van der Waals surface area contributed by atoms with Gasteiger partial charge in [-0.2, -0.15) is 5.26 Å². The van der Waals surface area contributed by atoms with Gasteiger partial charge in [0.2, 0.25) is 5.91 Å². The maximum atomic E-state index is 10.7. The number of allylic oxidation sites excluding steroid dienone is 1. The second-order valence-electron chi connectivity index (χ2n) is 4.44. The summed E-state index contributed by atoms with van der Waals surface area (Å²) in [4.78, 5) is 10.7. The first-order valence-electron chi connectivity index (χ1n) is 5.54. The normalized spacial score (nSPS) is 20.5. The van der Waals surface area contributed by atoms with Crippen LogP contribution in [0.2, 0.25) is 0 Å². The van der Waals surface area contributed by atoms with Crippen LogP contribution in [0.1, 0.15) is 33.1 Å². The number of aliphatic hydroxyl groups is 1. The monoisotopic (exact) mass is 232 g/mol. The van der Waals surface area contributed by atoms with Crippen LogP contribution in [-0.2, 0) is 4.79 Å². The molecule has 1 aliphatic carbocycles. The third-order valence-electron chi connectivity index (χ3n) is 3.06. The Morgan fingerprint density at radius 3 is 2.59 bits per heavy atom. The van der Waals surface area contributed by atoms with E-state index in [1.54, 1.807) is 0 Å². The summed E-state index contributed by atoms with van der Waals surface area (Å²) < 4.78 is 0. The molecule has 0 unspecified atom stereocenters. The lowest BCUT2D eigenvalue weighted by atomic mass is 9.87. The number of nitrogens with two attached hydrogens (primary N) is 1. The second-order valence-corrected chi connectivity index (χ2v) is 4.44. The molecule has 17 heavy (non-hydrogen) atoms. The van der Waals surface area contributed by atoms with Crippen molar-refractivity contribution in [1.82, 2.24) is 0 Å². The molecule has 0 aromatic carbocycles. The molecule has 1 aliphatic rings. The van der Waals surface area contributed by atoms with E-state index in [-0.39, 0.29) is 0 Å². The number of nitrogens with zero attached hydrogens (tertiary/aromatic N) is 1. The summed E-state index contributed by atoms with van der Waals surface area (Å²) in [7, 11) is 0. The van der Waals surface area contributed by atoms with Crippen molar-refractivity contribution < 1.29 is 9.90 Å². The van der Waals surface area contributed by atoms with E-state index in [2.05, 4.69) is 17.9 Å². The van der Waals surface area contributed by atoms with Crippen LogP contribution in [0.3, 0.4) is 0 Å². The van der Waals surface area contributed by atoms with Crippen molar-refractivity contribution in [2.24, 2.45) is 11.1 Å². The number of rotatable bonds is 3. The van der Waals surface area contributed by atoms with Crippen LogP contribution in [0.4, 0.5) is 0 Å². The van der Waals surface area contributed by atoms with Crippen LogP contribution >= 0.6 is 0 Å². The van der Waals surface area contributed by atoms with Gasteiger partial charge in [0.05, 0.1) is 11.5 Å². The molecule has 3 N–H and O–H groups in total. The van der Waals surface area contributed by atoms with Crippen LogP contribution in [0.15, 0.2) is 11.6 Å². The number of primary amides is 1. The number of hydrogen-bond acceptors (Lipinski definition) is 3. The van der Waals surface area contributed by atoms with E-state index < -0.39 is 16.9 Å². The summed E-state index contributed by atoms with van der Waals surface area (Å²) >= 11 is 0. The minimum atomic E-state index is -1.34. The molecular weight excluding hydrogens is 216 g/mol. The highest BCUT2D eigenvalue weighted by Crippen LogP contribution is 2.53. The third kappa shape index (κ3) is 2.87. The summed E-state index contributed by atoms with van der Waals surface area (Å²) in [5.41, 5.74) is 3.51. The molecule has 4 nitrogen and oxygen atoms in total. The lowest BCUT2D eigenvalue weighted by Crippen LogP contribution is -2.33. The molecule has 1 fully saturated rings. The van der Waals surface area contributed by atoms with E-state index in [1.165, 1.54) is 13.0 Å². The molecule has 0 bridgehead atoms. The van der Waals surface area contributed by atoms with E-state index in [9.17, 15) is 9.90 Å². The van der Waals surface area contributed by atoms with Crippen molar-refractivity contribution in [3.63, 3.8) is 0 Å². The highest BCUT2D eigenvalue weighted by molar-refractivity contribution is 5.87. The maximum Gasteiger partial charge on any atom is 0.242 e. The lowest BCUT2D eigenvalue weighted by molar-refractivity contribution is -0.113. The minimum Gasteiger partial charge on any atom is -0.376 e. The number of carbonyl (C=O) groups is 1. The quantitative estimate of drug-likeness (QED) is 0.559. The van der Waals surface area contributed by atoms with Crippen molar-refractivity contribution in [3.05, 3.63) is 11.6 Å². The van der Waals surface area contributed by atoms with Gasteiger partial charge in [0, 0.05) is 11.6 Å². The number of hydrogen-bond donors (Lipinski definition) is 2. The zero-order chi connectivity index (χ0) is 13.1. The second kappa shape index (κ2) is 4.61. The van der Waals surface area contributed by atoms with Gasteiger partial charge < -0.3 is 10.8 Å². The van der Waals surface area contributed by atoms with E-state index in [0.29, 0.717) is 24.8 Å². The Morgan fingerprint density at radius 2 is 2.24 bits per heavy atom. The first-order valence-corrected chi connectivity index (χ1v) is 5.54. The summed E-state index contributed by atoms with van der Waals surface area (Å²) in [5, 5.41) is 19.1. The highest BCUT2D eigenvalue weighted by atomic mass is 16.3. The smallest absolute Gasteiger partial charge is 0.242 e. The SMILES string of the molecule is CC/C(C#C[C@@](C)(O)C1(C#N)CC1)=C/C(N)=O. The fourth-order valence-electron chi connectivity index (χ4n) is 1.55. The summed E-state index contributed by atoms with van der Waals surface area (Å²) in [6.45, 7) is 3.38. The first-order chi connectivity index (χ1) is 7.87. The maximum absolute atomic E-state index is 10.7. The van der Waals surface area contributed by atoms with E-state index in [4.69, 9.17) is 11.0 Å². The summed E-state index contributed by atoms with van der Waals surface area (Å²) in [6, 6.07) is 2.11. The first kappa shape index (κ1) is 13.3. The van der Waals surface area contributed by atoms with Gasteiger partial charge >= 0.3 is 0 Å². The predicted molar refractivity (Wildman–Crippen MR) is 63.2 cm³/mol. The van der Waals surface area contributed by atoms with Crippen molar-refractivity contribution >= 4 is 5.91 Å². The molecule has 1 amide bonds. The van der Waals surface area contributed by atoms with Gasteiger partial charge in [-0.05, 0) is 26.2 Å². The van der Waals surface area contributed by atoms with Crippen molar-refractivity contribution in [3.8, 4) is 17.9 Å². The van der Waals surface area contributed by atoms with Crippen molar-refractivity contribution in [2.75, 3.05) is 0 Å². The molecule has 1 rings (SSSR count). The number of amides is 1. The van der Waals surface area contributed by atoms with E-state index >= 15 is 0 Å². The molecule has 0 spiro atoms. The molecule has 4 heteroatoms. The molecule has 1 saturated carbocycles. The number of nitriles is 1. The molecule has 1 atom stereocenters. The Balaban J connectivity index is 2.92. The van der Waals surface area contributed by atoms with Crippen LogP contribution in [-0.4, -0.2) is 16.6 Å². The molecular formula is C13H16N2O2. The van der Waals surface area contributed by atoms with E-state index in [0.717, 1.165) is 0 Å². The Bertz CT molecular complexity index is 454. The fourth-order valence-corrected chi connectivity index (χ4v) is 1.55. The van der Waals surface area contributed by atoms with Gasteiger partial charge in [-0.1, -0.05) is 18.8 Å². The van der Waals surface area contributed by atoms with Crippen molar-refractivity contribution in [2.45, 2.75) is 38.7 Å². The van der Waals surface area contributed by atoms with Crippen LogP contribution in [0.5, 0.6) is 0 Å². The zero-order valence-electron chi connectivity index (χ0n) is 10.1. The van der Waals surface area contributed by atoms with Crippen LogP contribution in [0, 0.1) is 28.6 Å². The molecule has 0 saturated heterocycles. The Hall–Kier alpha value is -1.78. The third-order valence-corrected chi connectivity index (χ3v) is 3.06. The Kier molecular flexibility index (Phi) is 3.60. The summed E-state index contributed by atoms with van der Waals surface area (Å²) in [5.74, 6) is 4.85. The zero-order valence-corrected chi connectivity index (χ0v) is 10.1. The van der Waals surface area contributed by atoms with Gasteiger partial charge in [-0.3, -0.25) is 4.79 Å². The summed E-state index contributed by atoms with van der Waals surface area (Å²) in [6.07, 6.45) is 3.12. The van der Waals surface area contributed by atoms with Gasteiger partial charge in [0.1, 0.15) is 5.60 Å². The van der Waals surface area contributed by atoms with Crippen LogP contribution < -0.4 is 5.73 Å². The Morgan fingerprint density at radius 1 is 1.65 bits per heavy atom. The average Bonchev–Trinajstić information content (AvgIpc) is 3.04. The molecule has 0 aromatic rings. The van der Waals surface area contributed by atoms with Crippen molar-refractivity contribution in [1.29, 1.82) is 5.26 Å². The van der Waals surface area contributed by atoms with Gasteiger partial charge in [-0.15, -0.1) is 0 Å². The molecule has 0 radical (unpaired) electrons. The lowest BCUT2D eigenvalue weighted by Gasteiger charge is -2.21. The highest BCUT2D eigenvalue weighted by Gasteiger charge is 2.56. The Labute approximate surface area is 101 Å². The standard InChI is InChI=1S/C13H16N2O2/c1-3-10(8-11(15)16)4-5-12(2,17)13(9-14)6-7-13/h8,17H,3,6-7H2,1-2H3,(H2,15,16)/b10-8-/t12-/m1/s1. The van der Waals surface area contributed by atoms with E-state index in [1.807, 2.05) is 6.92 Å². The largest absolute Gasteiger partial charge is 0.376 e. The van der Waals surface area contributed by atoms with Gasteiger partial charge in [0.25, 0.3) is 0 Å². The molecule has 0 aromatic heterocycles. The fraction of sp³-hybridized carbons (Fsp3) is 0.538. The van der Waals surface area contributed by atoms with Crippen LogP contribution in [0.25, 0.3) is 0 Å². The molecule has 0 heterocycles. The topological polar surface area (TPSA) is 87.1 Å². The minimum absolute atomic E-state index is 0.558.